The van der Waals surface area contributed by atoms with Crippen LogP contribution in [0.4, 0.5) is 5.13 Å². The van der Waals surface area contributed by atoms with Gasteiger partial charge in [0.25, 0.3) is 0 Å². The van der Waals surface area contributed by atoms with Crippen LogP contribution in [0.1, 0.15) is 45.2 Å². The number of sulfonamides is 1. The first kappa shape index (κ1) is 17.4. The number of thiazole rings is 1. The Morgan fingerprint density at radius 3 is 2.45 bits per heavy atom. The maximum absolute atomic E-state index is 12.2. The molecule has 1 amide bonds. The molecule has 0 spiro atoms. The number of hydrogen-bond acceptors (Lipinski definition) is 5. The second kappa shape index (κ2) is 7.06. The van der Waals surface area contributed by atoms with Gasteiger partial charge >= 0.3 is 0 Å². The van der Waals surface area contributed by atoms with Gasteiger partial charge < -0.3 is 5.32 Å². The standard InChI is InChI=1S/C14H23N3O3S2/c1-9(2)22(19,20)17-12-6-4-11(5-7-12)13(18)16-14-15-10(3)8-21-14/h8-9,11-12,17H,4-7H2,1-3H3,(H,15,16,18). The van der Waals surface area contributed by atoms with E-state index in [9.17, 15) is 13.2 Å². The number of anilines is 1. The minimum absolute atomic E-state index is 0.0143. The molecule has 0 atom stereocenters. The van der Waals surface area contributed by atoms with Crippen molar-refractivity contribution in [1.29, 1.82) is 0 Å². The van der Waals surface area contributed by atoms with Crippen LogP contribution in [0.15, 0.2) is 5.38 Å². The highest BCUT2D eigenvalue weighted by molar-refractivity contribution is 7.90. The van der Waals surface area contributed by atoms with Crippen LogP contribution >= 0.6 is 11.3 Å². The predicted molar refractivity (Wildman–Crippen MR) is 88.4 cm³/mol. The van der Waals surface area contributed by atoms with Crippen molar-refractivity contribution >= 4 is 32.4 Å². The van der Waals surface area contributed by atoms with Crippen LogP contribution < -0.4 is 10.0 Å². The number of aromatic nitrogens is 1. The lowest BCUT2D eigenvalue weighted by Gasteiger charge is -2.28. The van der Waals surface area contributed by atoms with E-state index in [0.29, 0.717) is 30.8 Å². The first-order valence-corrected chi connectivity index (χ1v) is 9.94. The maximum atomic E-state index is 12.2. The molecule has 22 heavy (non-hydrogen) atoms. The van der Waals surface area contributed by atoms with E-state index >= 15 is 0 Å². The maximum Gasteiger partial charge on any atom is 0.229 e. The summed E-state index contributed by atoms with van der Waals surface area (Å²) in [6, 6.07) is -0.0569. The minimum atomic E-state index is -3.24. The van der Waals surface area contributed by atoms with Crippen molar-refractivity contribution < 1.29 is 13.2 Å². The van der Waals surface area contributed by atoms with E-state index in [2.05, 4.69) is 15.0 Å². The van der Waals surface area contributed by atoms with Gasteiger partial charge in [0.05, 0.1) is 10.9 Å². The number of carbonyl (C=O) groups is 1. The Balaban J connectivity index is 1.83. The summed E-state index contributed by atoms with van der Waals surface area (Å²) in [5.74, 6) is -0.0801. The van der Waals surface area contributed by atoms with Gasteiger partial charge in [0, 0.05) is 17.3 Å². The average Bonchev–Trinajstić information content (AvgIpc) is 2.84. The smallest absolute Gasteiger partial charge is 0.229 e. The van der Waals surface area contributed by atoms with Crippen molar-refractivity contribution in [3.05, 3.63) is 11.1 Å². The first-order chi connectivity index (χ1) is 10.3. The second-order valence-corrected chi connectivity index (χ2v) is 9.17. The van der Waals surface area contributed by atoms with Crippen molar-refractivity contribution in [1.82, 2.24) is 9.71 Å². The largest absolute Gasteiger partial charge is 0.302 e. The lowest BCUT2D eigenvalue weighted by Crippen LogP contribution is -2.42. The van der Waals surface area contributed by atoms with Gasteiger partial charge in [-0.1, -0.05) is 0 Å². The number of rotatable bonds is 5. The molecule has 1 heterocycles. The average molecular weight is 345 g/mol. The molecule has 2 rings (SSSR count). The fourth-order valence-corrected chi connectivity index (χ4v) is 4.12. The predicted octanol–water partition coefficient (Wildman–Crippen LogP) is 2.28. The van der Waals surface area contributed by atoms with Crippen molar-refractivity contribution in [2.75, 3.05) is 5.32 Å². The Hall–Kier alpha value is -0.990. The van der Waals surface area contributed by atoms with E-state index in [-0.39, 0.29) is 17.9 Å². The highest BCUT2D eigenvalue weighted by Gasteiger charge is 2.29. The summed E-state index contributed by atoms with van der Waals surface area (Å²) in [5, 5.41) is 4.94. The molecule has 2 N–H and O–H groups in total. The molecule has 1 aliphatic carbocycles. The zero-order valence-corrected chi connectivity index (χ0v) is 14.8. The van der Waals surface area contributed by atoms with E-state index in [0.717, 1.165) is 5.69 Å². The molecule has 0 saturated heterocycles. The molecule has 1 aliphatic rings. The van der Waals surface area contributed by atoms with Gasteiger partial charge in [-0.15, -0.1) is 11.3 Å². The number of amides is 1. The monoisotopic (exact) mass is 345 g/mol. The van der Waals surface area contributed by atoms with Crippen LogP contribution in [0.2, 0.25) is 0 Å². The zero-order valence-electron chi connectivity index (χ0n) is 13.1. The second-order valence-electron chi connectivity index (χ2n) is 6.04. The van der Waals surface area contributed by atoms with Crippen LogP contribution in [0.25, 0.3) is 0 Å². The Labute approximate surface area is 135 Å². The number of aryl methyl sites for hydroxylation is 1. The fraction of sp³-hybridized carbons (Fsp3) is 0.714. The molecule has 124 valence electrons. The van der Waals surface area contributed by atoms with E-state index in [4.69, 9.17) is 0 Å². The van der Waals surface area contributed by atoms with Gasteiger partial charge in [-0.25, -0.2) is 18.1 Å². The van der Waals surface area contributed by atoms with Crippen LogP contribution in [0, 0.1) is 12.8 Å². The SMILES string of the molecule is Cc1csc(NC(=O)C2CCC(NS(=O)(=O)C(C)C)CC2)n1. The molecule has 0 unspecified atom stereocenters. The minimum Gasteiger partial charge on any atom is -0.302 e. The zero-order chi connectivity index (χ0) is 16.3. The first-order valence-electron chi connectivity index (χ1n) is 7.52. The Morgan fingerprint density at radius 2 is 1.95 bits per heavy atom. The highest BCUT2D eigenvalue weighted by Crippen LogP contribution is 2.27. The van der Waals surface area contributed by atoms with Crippen molar-refractivity contribution in [2.24, 2.45) is 5.92 Å². The number of hydrogen-bond donors (Lipinski definition) is 2. The van der Waals surface area contributed by atoms with E-state index in [1.165, 1.54) is 11.3 Å². The summed E-state index contributed by atoms with van der Waals surface area (Å²) < 4.78 is 26.5. The third-order valence-electron chi connectivity index (χ3n) is 3.90. The van der Waals surface area contributed by atoms with Gasteiger partial charge in [-0.2, -0.15) is 0 Å². The highest BCUT2D eigenvalue weighted by atomic mass is 32.2. The number of carbonyl (C=O) groups excluding carboxylic acids is 1. The van der Waals surface area contributed by atoms with E-state index in [1.54, 1.807) is 13.8 Å². The molecule has 0 aliphatic heterocycles. The molecule has 6 nitrogen and oxygen atoms in total. The van der Waals surface area contributed by atoms with E-state index < -0.39 is 15.3 Å². The quantitative estimate of drug-likeness (QED) is 0.857. The summed E-state index contributed by atoms with van der Waals surface area (Å²) in [6.45, 7) is 5.22. The normalized spacial score (nSPS) is 22.7. The molecular formula is C14H23N3O3S2. The van der Waals surface area contributed by atoms with Gasteiger partial charge in [-0.05, 0) is 46.5 Å². The molecule has 0 aromatic carbocycles. The van der Waals surface area contributed by atoms with Gasteiger partial charge in [0.1, 0.15) is 0 Å². The third-order valence-corrected chi connectivity index (χ3v) is 6.68. The van der Waals surface area contributed by atoms with Gasteiger partial charge in [0.15, 0.2) is 5.13 Å². The van der Waals surface area contributed by atoms with Crippen molar-refractivity contribution in [3.63, 3.8) is 0 Å². The molecule has 0 radical (unpaired) electrons. The fourth-order valence-electron chi connectivity index (χ4n) is 2.46. The summed E-state index contributed by atoms with van der Waals surface area (Å²) in [4.78, 5) is 16.4. The molecule has 1 aromatic rings. The molecule has 1 aromatic heterocycles. The van der Waals surface area contributed by atoms with Gasteiger partial charge in [0.2, 0.25) is 15.9 Å². The summed E-state index contributed by atoms with van der Waals surface area (Å²) in [5.41, 5.74) is 0.895. The van der Waals surface area contributed by atoms with Crippen molar-refractivity contribution in [2.45, 2.75) is 57.7 Å². The third kappa shape index (κ3) is 4.50. The molecule has 1 saturated carbocycles. The van der Waals surface area contributed by atoms with Crippen LogP contribution in [0.5, 0.6) is 0 Å². The van der Waals surface area contributed by atoms with E-state index in [1.807, 2.05) is 12.3 Å². The Bertz CT molecular complexity index is 617. The Morgan fingerprint density at radius 1 is 1.32 bits per heavy atom. The molecule has 1 fully saturated rings. The topological polar surface area (TPSA) is 88.2 Å². The number of nitrogens with one attached hydrogen (secondary N) is 2. The van der Waals surface area contributed by atoms with Crippen LogP contribution in [0.3, 0.4) is 0 Å². The molecule has 0 bridgehead atoms. The van der Waals surface area contributed by atoms with Crippen LogP contribution in [-0.2, 0) is 14.8 Å². The summed E-state index contributed by atoms with van der Waals surface area (Å²) in [7, 11) is -3.24. The Kier molecular flexibility index (Phi) is 5.57. The van der Waals surface area contributed by atoms with Gasteiger partial charge in [-0.3, -0.25) is 4.79 Å². The molecular weight excluding hydrogens is 322 g/mol. The lowest BCUT2D eigenvalue weighted by molar-refractivity contribution is -0.120. The lowest BCUT2D eigenvalue weighted by atomic mass is 9.86. The number of nitrogens with zero attached hydrogens (tertiary/aromatic N) is 1. The van der Waals surface area contributed by atoms with Crippen LogP contribution in [-0.4, -0.2) is 30.6 Å². The molecule has 8 heteroatoms. The van der Waals surface area contributed by atoms with Crippen molar-refractivity contribution in [3.8, 4) is 0 Å². The summed E-state index contributed by atoms with van der Waals surface area (Å²) in [6.07, 6.45) is 2.78. The summed E-state index contributed by atoms with van der Waals surface area (Å²) >= 11 is 1.42.